The molecule has 5 nitrogen and oxygen atoms in total. The van der Waals surface area contributed by atoms with Gasteiger partial charge in [-0.05, 0) is 28.8 Å². The van der Waals surface area contributed by atoms with Crippen LogP contribution in [0.1, 0.15) is 11.1 Å². The molecule has 0 aliphatic carbocycles. The predicted molar refractivity (Wildman–Crippen MR) is 104 cm³/mol. The van der Waals surface area contributed by atoms with E-state index in [1.54, 1.807) is 0 Å². The Morgan fingerprint density at radius 1 is 0.926 bits per heavy atom. The van der Waals surface area contributed by atoms with Crippen LogP contribution in [0.25, 0.3) is 11.1 Å². The molecular weight excluding hydrogens is 342 g/mol. The van der Waals surface area contributed by atoms with Crippen molar-refractivity contribution in [2.45, 2.75) is 6.61 Å². The average Bonchev–Trinajstić information content (AvgIpc) is 2.71. The number of carbonyl (C=O) groups is 1. The number of hydrogen-bond donors (Lipinski definition) is 1. The van der Waals surface area contributed by atoms with Gasteiger partial charge >= 0.3 is 5.97 Å². The summed E-state index contributed by atoms with van der Waals surface area (Å²) in [5, 5.41) is 12.3. The van der Waals surface area contributed by atoms with Gasteiger partial charge in [0, 0.05) is 5.56 Å². The molecule has 0 saturated carbocycles. The maximum Gasteiger partial charge on any atom is 0.344 e. The molecule has 3 aromatic rings. The lowest BCUT2D eigenvalue weighted by atomic mass is 10.0. The topological polar surface area (TPSA) is 68.1 Å². The van der Waals surface area contributed by atoms with Crippen molar-refractivity contribution in [2.75, 3.05) is 6.61 Å². The molecule has 0 heterocycles. The van der Waals surface area contributed by atoms with Gasteiger partial charge in [-0.3, -0.25) is 0 Å². The third-order valence-corrected chi connectivity index (χ3v) is 3.83. The van der Waals surface area contributed by atoms with Gasteiger partial charge in [0.15, 0.2) is 0 Å². The molecule has 0 bridgehead atoms. The summed E-state index contributed by atoms with van der Waals surface area (Å²) in [5.41, 5.74) is 3.92. The maximum atomic E-state index is 10.5. The largest absolute Gasteiger partial charge is 0.489 e. The Bertz CT molecular complexity index is 905. The van der Waals surface area contributed by atoms with Gasteiger partial charge in [-0.2, -0.15) is 0 Å². The highest BCUT2D eigenvalue weighted by Gasteiger charge is 2.04. The van der Waals surface area contributed by atoms with Gasteiger partial charge in [0.1, 0.15) is 12.4 Å². The third kappa shape index (κ3) is 5.44. The van der Waals surface area contributed by atoms with E-state index < -0.39 is 12.6 Å². The van der Waals surface area contributed by atoms with Crippen LogP contribution in [-0.2, 0) is 16.2 Å². The number of hydrogen-bond acceptors (Lipinski definition) is 4. The molecule has 27 heavy (non-hydrogen) atoms. The van der Waals surface area contributed by atoms with E-state index in [4.69, 9.17) is 14.7 Å². The summed E-state index contributed by atoms with van der Waals surface area (Å²) < 4.78 is 5.81. The summed E-state index contributed by atoms with van der Waals surface area (Å²) >= 11 is 0. The van der Waals surface area contributed by atoms with E-state index in [1.165, 1.54) is 6.21 Å². The van der Waals surface area contributed by atoms with E-state index in [0.717, 1.165) is 28.0 Å². The van der Waals surface area contributed by atoms with E-state index in [2.05, 4.69) is 5.16 Å². The number of carboxylic acid groups (broad SMARTS) is 1. The Balaban J connectivity index is 1.68. The minimum Gasteiger partial charge on any atom is -0.489 e. The van der Waals surface area contributed by atoms with Gasteiger partial charge in [0.2, 0.25) is 6.61 Å². The van der Waals surface area contributed by atoms with Gasteiger partial charge in [-0.25, -0.2) is 4.79 Å². The zero-order chi connectivity index (χ0) is 18.9. The predicted octanol–water partition coefficient (Wildman–Crippen LogP) is 4.37. The fraction of sp³-hybridized carbons (Fsp3) is 0.0909. The number of carboxylic acids is 1. The SMILES string of the molecule is O=C(O)CON=Cc1ccccc1-c1ccc(OCc2ccccc2)cc1. The number of rotatable bonds is 8. The fourth-order valence-electron chi connectivity index (χ4n) is 2.53. The zero-order valence-electron chi connectivity index (χ0n) is 14.6. The van der Waals surface area contributed by atoms with Crippen LogP contribution >= 0.6 is 0 Å². The van der Waals surface area contributed by atoms with Crippen LogP contribution in [0.3, 0.4) is 0 Å². The van der Waals surface area contributed by atoms with Crippen molar-refractivity contribution < 1.29 is 19.5 Å². The van der Waals surface area contributed by atoms with Crippen LogP contribution in [0, 0.1) is 0 Å². The zero-order valence-corrected chi connectivity index (χ0v) is 14.6. The maximum absolute atomic E-state index is 10.5. The van der Waals surface area contributed by atoms with Gasteiger partial charge in [0.05, 0.1) is 6.21 Å². The molecule has 3 rings (SSSR count). The summed E-state index contributed by atoms with van der Waals surface area (Å²) in [7, 11) is 0. The molecule has 0 radical (unpaired) electrons. The molecule has 0 fully saturated rings. The first kappa shape index (κ1) is 18.2. The Hall–Kier alpha value is -3.60. The summed E-state index contributed by atoms with van der Waals surface area (Å²) in [4.78, 5) is 15.2. The molecule has 1 N–H and O–H groups in total. The molecule has 0 spiro atoms. The first-order valence-electron chi connectivity index (χ1n) is 8.46. The van der Waals surface area contributed by atoms with Crippen molar-refractivity contribution in [3.8, 4) is 16.9 Å². The van der Waals surface area contributed by atoms with Crippen molar-refractivity contribution in [3.05, 3.63) is 90.0 Å². The number of oxime groups is 1. The van der Waals surface area contributed by atoms with Crippen LogP contribution < -0.4 is 4.74 Å². The molecule has 0 atom stereocenters. The van der Waals surface area contributed by atoms with Gasteiger partial charge < -0.3 is 14.7 Å². The molecular formula is C22H19NO4. The Labute approximate surface area is 157 Å². The molecule has 0 unspecified atom stereocenters. The molecule has 0 amide bonds. The highest BCUT2D eigenvalue weighted by Crippen LogP contribution is 2.25. The fourth-order valence-corrected chi connectivity index (χ4v) is 2.53. The Morgan fingerprint density at radius 3 is 2.37 bits per heavy atom. The van der Waals surface area contributed by atoms with Crippen molar-refractivity contribution in [1.29, 1.82) is 0 Å². The summed E-state index contributed by atoms with van der Waals surface area (Å²) in [6, 6.07) is 25.5. The lowest BCUT2D eigenvalue weighted by molar-refractivity contribution is -0.142. The van der Waals surface area contributed by atoms with E-state index in [0.29, 0.717) is 6.61 Å². The molecule has 5 heteroatoms. The monoisotopic (exact) mass is 361 g/mol. The first-order valence-corrected chi connectivity index (χ1v) is 8.46. The van der Waals surface area contributed by atoms with Crippen molar-refractivity contribution in [2.24, 2.45) is 5.16 Å². The molecule has 0 aliphatic rings. The van der Waals surface area contributed by atoms with Crippen LogP contribution in [0.4, 0.5) is 0 Å². The minimum absolute atomic E-state index is 0.466. The molecule has 0 aromatic heterocycles. The second kappa shape index (κ2) is 9.20. The third-order valence-electron chi connectivity index (χ3n) is 3.83. The lowest BCUT2D eigenvalue weighted by Crippen LogP contribution is -2.03. The molecule has 136 valence electrons. The Kier molecular flexibility index (Phi) is 6.20. The Morgan fingerprint density at radius 2 is 1.63 bits per heavy atom. The average molecular weight is 361 g/mol. The molecule has 3 aromatic carbocycles. The van der Waals surface area contributed by atoms with Crippen LogP contribution in [0.2, 0.25) is 0 Å². The lowest BCUT2D eigenvalue weighted by Gasteiger charge is -2.09. The minimum atomic E-state index is -1.06. The molecule has 0 aliphatic heterocycles. The number of benzene rings is 3. The number of aliphatic carboxylic acids is 1. The van der Waals surface area contributed by atoms with Gasteiger partial charge in [-0.15, -0.1) is 0 Å². The normalized spacial score (nSPS) is 10.7. The van der Waals surface area contributed by atoms with Crippen molar-refractivity contribution >= 4 is 12.2 Å². The second-order valence-electron chi connectivity index (χ2n) is 5.79. The van der Waals surface area contributed by atoms with E-state index >= 15 is 0 Å². The number of ether oxygens (including phenoxy) is 1. The quantitative estimate of drug-likeness (QED) is 0.478. The highest BCUT2D eigenvalue weighted by molar-refractivity contribution is 5.90. The second-order valence-corrected chi connectivity index (χ2v) is 5.79. The standard InChI is InChI=1S/C22H19NO4/c24-22(25)16-27-23-14-19-8-4-5-9-21(19)18-10-12-20(13-11-18)26-15-17-6-2-1-3-7-17/h1-14H,15-16H2,(H,24,25). The van der Waals surface area contributed by atoms with Gasteiger partial charge in [-0.1, -0.05) is 71.9 Å². The van der Waals surface area contributed by atoms with E-state index in [1.807, 2.05) is 78.9 Å². The summed E-state index contributed by atoms with van der Waals surface area (Å²) in [6.45, 7) is 0.0520. The van der Waals surface area contributed by atoms with Crippen LogP contribution in [-0.4, -0.2) is 23.9 Å². The van der Waals surface area contributed by atoms with E-state index in [9.17, 15) is 4.79 Å². The van der Waals surface area contributed by atoms with Crippen LogP contribution in [0.15, 0.2) is 84.0 Å². The summed E-state index contributed by atoms with van der Waals surface area (Å²) in [5.74, 6) is -0.273. The summed E-state index contributed by atoms with van der Waals surface area (Å²) in [6.07, 6.45) is 1.51. The van der Waals surface area contributed by atoms with Gasteiger partial charge in [0.25, 0.3) is 0 Å². The van der Waals surface area contributed by atoms with Crippen molar-refractivity contribution in [3.63, 3.8) is 0 Å². The highest BCUT2D eigenvalue weighted by atomic mass is 16.6. The smallest absolute Gasteiger partial charge is 0.344 e. The van der Waals surface area contributed by atoms with Crippen molar-refractivity contribution in [1.82, 2.24) is 0 Å². The number of nitrogens with zero attached hydrogens (tertiary/aromatic N) is 1. The first-order chi connectivity index (χ1) is 13.2. The van der Waals surface area contributed by atoms with E-state index in [-0.39, 0.29) is 0 Å². The molecule has 0 saturated heterocycles. The van der Waals surface area contributed by atoms with Crippen LogP contribution in [0.5, 0.6) is 5.75 Å².